The standard InChI is InChI=1S/C10H14O2.H3NO3S/c1-9(7-8-11)12-10-5-3-2-4-6-10;1-5(2,3)4/h2-6,9,11H,7-8H2,1H3;(H3,1,2,3,4). The molecule has 0 spiro atoms. The van der Waals surface area contributed by atoms with E-state index in [9.17, 15) is 0 Å². The van der Waals surface area contributed by atoms with E-state index in [1.807, 2.05) is 37.3 Å². The summed E-state index contributed by atoms with van der Waals surface area (Å²) in [5.41, 5.74) is 0. The van der Waals surface area contributed by atoms with Crippen LogP contribution in [-0.2, 0) is 10.3 Å². The third-order valence-electron chi connectivity index (χ3n) is 1.62. The van der Waals surface area contributed by atoms with Crippen LogP contribution in [0.3, 0.4) is 0 Å². The Labute approximate surface area is 101 Å². The van der Waals surface area contributed by atoms with Crippen LogP contribution in [0.2, 0.25) is 0 Å². The van der Waals surface area contributed by atoms with Gasteiger partial charge in [0.05, 0.1) is 6.10 Å². The molecule has 0 aliphatic rings. The average molecular weight is 263 g/mol. The molecule has 6 nitrogen and oxygen atoms in total. The highest BCUT2D eigenvalue weighted by atomic mass is 32.2. The molecule has 0 radical (unpaired) electrons. The normalized spacial score (nSPS) is 12.2. The van der Waals surface area contributed by atoms with Gasteiger partial charge in [0.15, 0.2) is 0 Å². The van der Waals surface area contributed by atoms with Gasteiger partial charge in [-0.1, -0.05) is 18.2 Å². The molecule has 17 heavy (non-hydrogen) atoms. The molecule has 0 fully saturated rings. The number of hydrogen-bond acceptors (Lipinski definition) is 4. The summed E-state index contributed by atoms with van der Waals surface area (Å²) in [7, 11) is -4.17. The number of aliphatic hydroxyl groups is 1. The highest BCUT2D eigenvalue weighted by Crippen LogP contribution is 2.11. The summed E-state index contributed by atoms with van der Waals surface area (Å²) in [6.45, 7) is 2.12. The summed E-state index contributed by atoms with van der Waals surface area (Å²) in [5.74, 6) is 0.860. The van der Waals surface area contributed by atoms with E-state index < -0.39 is 10.3 Å². The van der Waals surface area contributed by atoms with Crippen LogP contribution in [0.25, 0.3) is 0 Å². The van der Waals surface area contributed by atoms with Crippen LogP contribution in [-0.4, -0.2) is 30.8 Å². The van der Waals surface area contributed by atoms with E-state index in [1.54, 1.807) is 0 Å². The molecule has 7 heteroatoms. The first-order valence-electron chi connectivity index (χ1n) is 4.90. The van der Waals surface area contributed by atoms with Crippen molar-refractivity contribution in [1.29, 1.82) is 0 Å². The van der Waals surface area contributed by atoms with Gasteiger partial charge in [0, 0.05) is 13.0 Å². The lowest BCUT2D eigenvalue weighted by Crippen LogP contribution is -2.13. The largest absolute Gasteiger partial charge is 0.491 e. The molecule has 0 aliphatic carbocycles. The maximum Gasteiger partial charge on any atom is 0.330 e. The predicted octanol–water partition coefficient (Wildman–Crippen LogP) is 0.584. The molecular weight excluding hydrogens is 246 g/mol. The van der Waals surface area contributed by atoms with Crippen LogP contribution in [0.15, 0.2) is 30.3 Å². The monoisotopic (exact) mass is 263 g/mol. The Morgan fingerprint density at radius 1 is 1.35 bits per heavy atom. The van der Waals surface area contributed by atoms with Gasteiger partial charge in [-0.3, -0.25) is 4.55 Å². The van der Waals surface area contributed by atoms with Gasteiger partial charge in [0.1, 0.15) is 5.75 Å². The Hall–Kier alpha value is -1.15. The van der Waals surface area contributed by atoms with Crippen LogP contribution in [0.1, 0.15) is 13.3 Å². The summed E-state index contributed by atoms with van der Waals surface area (Å²) in [5, 5.41) is 12.5. The molecule has 98 valence electrons. The topological polar surface area (TPSA) is 110 Å². The van der Waals surface area contributed by atoms with Crippen molar-refractivity contribution in [1.82, 2.24) is 0 Å². The van der Waals surface area contributed by atoms with E-state index in [4.69, 9.17) is 22.8 Å². The molecule has 1 aromatic rings. The third kappa shape index (κ3) is 12.8. The Morgan fingerprint density at radius 2 is 1.82 bits per heavy atom. The molecule has 0 aromatic heterocycles. The summed E-state index contributed by atoms with van der Waals surface area (Å²) >= 11 is 0. The maximum absolute atomic E-state index is 8.97. The van der Waals surface area contributed by atoms with Crippen molar-refractivity contribution < 1.29 is 22.8 Å². The number of para-hydroxylation sites is 1. The number of nitrogens with two attached hydrogens (primary N) is 1. The molecule has 0 aliphatic heterocycles. The van der Waals surface area contributed by atoms with E-state index in [1.165, 1.54) is 0 Å². The number of benzene rings is 1. The molecule has 0 heterocycles. The van der Waals surface area contributed by atoms with E-state index in [-0.39, 0.29) is 12.7 Å². The van der Waals surface area contributed by atoms with Gasteiger partial charge in [-0.25, -0.2) is 5.14 Å². The molecule has 4 N–H and O–H groups in total. The fourth-order valence-electron chi connectivity index (χ4n) is 0.972. The van der Waals surface area contributed by atoms with Gasteiger partial charge in [0.2, 0.25) is 0 Å². The van der Waals surface area contributed by atoms with Crippen LogP contribution < -0.4 is 9.88 Å². The fourth-order valence-corrected chi connectivity index (χ4v) is 0.972. The molecular formula is C10H17NO5S. The van der Waals surface area contributed by atoms with Crippen LogP contribution in [0.4, 0.5) is 0 Å². The van der Waals surface area contributed by atoms with E-state index in [0.717, 1.165) is 5.75 Å². The first-order valence-corrected chi connectivity index (χ1v) is 6.41. The van der Waals surface area contributed by atoms with Crippen LogP contribution >= 0.6 is 0 Å². The van der Waals surface area contributed by atoms with Crippen molar-refractivity contribution in [2.75, 3.05) is 6.61 Å². The van der Waals surface area contributed by atoms with E-state index in [2.05, 4.69) is 5.14 Å². The van der Waals surface area contributed by atoms with Crippen LogP contribution in [0, 0.1) is 0 Å². The van der Waals surface area contributed by atoms with Gasteiger partial charge in [-0.2, -0.15) is 8.42 Å². The Morgan fingerprint density at radius 3 is 2.24 bits per heavy atom. The van der Waals surface area contributed by atoms with Gasteiger partial charge in [0.25, 0.3) is 0 Å². The van der Waals surface area contributed by atoms with Crippen molar-refractivity contribution in [3.8, 4) is 5.75 Å². The SMILES string of the molecule is CC(CCO)Oc1ccccc1.NS(=O)(=O)O. The minimum absolute atomic E-state index is 0.0809. The Bertz CT molecular complexity index is 384. The smallest absolute Gasteiger partial charge is 0.330 e. The Balaban J connectivity index is 0.000000437. The fraction of sp³-hybridized carbons (Fsp3) is 0.400. The van der Waals surface area contributed by atoms with E-state index >= 15 is 0 Å². The molecule has 0 saturated carbocycles. The molecule has 0 saturated heterocycles. The van der Waals surface area contributed by atoms with Gasteiger partial charge < -0.3 is 9.84 Å². The zero-order valence-electron chi connectivity index (χ0n) is 9.48. The van der Waals surface area contributed by atoms with Gasteiger partial charge >= 0.3 is 10.3 Å². The summed E-state index contributed by atoms with van der Waals surface area (Å²) in [6.07, 6.45) is 0.756. The zero-order valence-corrected chi connectivity index (χ0v) is 10.3. The van der Waals surface area contributed by atoms with Gasteiger partial charge in [-0.05, 0) is 19.1 Å². The molecule has 0 amide bonds. The third-order valence-corrected chi connectivity index (χ3v) is 1.62. The minimum Gasteiger partial charge on any atom is -0.491 e. The highest BCUT2D eigenvalue weighted by molar-refractivity contribution is 7.83. The van der Waals surface area contributed by atoms with Crippen molar-refractivity contribution in [2.45, 2.75) is 19.4 Å². The number of rotatable bonds is 4. The number of aliphatic hydroxyl groups excluding tert-OH is 1. The molecule has 0 bridgehead atoms. The summed E-state index contributed by atoms with van der Waals surface area (Å²) in [4.78, 5) is 0. The second-order valence-electron chi connectivity index (χ2n) is 3.27. The molecule has 1 atom stereocenters. The molecule has 1 rings (SSSR count). The quantitative estimate of drug-likeness (QED) is 0.688. The Kier molecular flexibility index (Phi) is 7.47. The second kappa shape index (κ2) is 8.02. The first kappa shape index (κ1) is 15.9. The van der Waals surface area contributed by atoms with Crippen molar-refractivity contribution in [2.24, 2.45) is 5.14 Å². The lowest BCUT2D eigenvalue weighted by Gasteiger charge is -2.12. The lowest BCUT2D eigenvalue weighted by molar-refractivity contribution is 0.169. The number of hydrogen-bond donors (Lipinski definition) is 3. The van der Waals surface area contributed by atoms with Crippen molar-refractivity contribution >= 4 is 10.3 Å². The summed E-state index contributed by atoms with van der Waals surface area (Å²) < 4.78 is 30.7. The second-order valence-corrected chi connectivity index (χ2v) is 4.30. The molecule has 1 unspecified atom stereocenters. The van der Waals surface area contributed by atoms with Gasteiger partial charge in [-0.15, -0.1) is 0 Å². The van der Waals surface area contributed by atoms with Crippen LogP contribution in [0.5, 0.6) is 5.75 Å². The van der Waals surface area contributed by atoms with Crippen molar-refractivity contribution in [3.05, 3.63) is 30.3 Å². The molecule has 1 aromatic carbocycles. The highest BCUT2D eigenvalue weighted by Gasteiger charge is 2.01. The lowest BCUT2D eigenvalue weighted by atomic mass is 10.3. The average Bonchev–Trinajstić information content (AvgIpc) is 2.16. The predicted molar refractivity (Wildman–Crippen MR) is 64.0 cm³/mol. The number of ether oxygens (including phenoxy) is 1. The first-order chi connectivity index (χ1) is 7.83. The van der Waals surface area contributed by atoms with Crippen molar-refractivity contribution in [3.63, 3.8) is 0 Å². The zero-order chi connectivity index (χ0) is 13.3. The van der Waals surface area contributed by atoms with E-state index in [0.29, 0.717) is 6.42 Å². The maximum atomic E-state index is 8.97. The minimum atomic E-state index is -4.17. The summed E-state index contributed by atoms with van der Waals surface area (Å²) in [6, 6.07) is 9.63.